The number of nitro benzene ring substituents is 1. The Balaban J connectivity index is 1.55. The van der Waals surface area contributed by atoms with Gasteiger partial charge in [-0.05, 0) is 18.2 Å². The fraction of sp³-hybridized carbons (Fsp3) is 0.294. The first-order valence-corrected chi connectivity index (χ1v) is 7.84. The zero-order valence-corrected chi connectivity index (χ0v) is 13.3. The molecule has 1 aliphatic rings. The van der Waals surface area contributed by atoms with Crippen molar-refractivity contribution in [3.63, 3.8) is 0 Å². The maximum atomic E-state index is 13.2. The van der Waals surface area contributed by atoms with Gasteiger partial charge in [-0.1, -0.05) is 0 Å². The van der Waals surface area contributed by atoms with Gasteiger partial charge in [0.2, 0.25) is 0 Å². The molecule has 2 aromatic rings. The van der Waals surface area contributed by atoms with E-state index < -0.39 is 10.7 Å². The number of pyridine rings is 1. The maximum absolute atomic E-state index is 13.2. The molecule has 0 bridgehead atoms. The molecule has 0 atom stereocenters. The molecular weight excluding hydrogens is 329 g/mol. The summed E-state index contributed by atoms with van der Waals surface area (Å²) in [7, 11) is 0. The quantitative estimate of drug-likeness (QED) is 0.628. The molecule has 25 heavy (non-hydrogen) atoms. The molecule has 1 aliphatic heterocycles. The van der Waals surface area contributed by atoms with E-state index in [4.69, 9.17) is 4.74 Å². The van der Waals surface area contributed by atoms with Crippen LogP contribution >= 0.6 is 0 Å². The van der Waals surface area contributed by atoms with Crippen LogP contribution in [-0.4, -0.2) is 39.9 Å². The first kappa shape index (κ1) is 16.8. The lowest BCUT2D eigenvalue weighted by Crippen LogP contribution is -2.41. The predicted octanol–water partition coefficient (Wildman–Crippen LogP) is 2.81. The van der Waals surface area contributed by atoms with Crippen molar-refractivity contribution < 1.29 is 18.8 Å². The molecular formula is C17H16FN3O4. The molecule has 1 fully saturated rings. The number of likely N-dealkylation sites (tertiary alicyclic amines) is 1. The van der Waals surface area contributed by atoms with E-state index in [1.54, 1.807) is 17.0 Å². The van der Waals surface area contributed by atoms with Crippen LogP contribution in [0.4, 0.5) is 10.1 Å². The lowest BCUT2D eigenvalue weighted by Gasteiger charge is -2.32. The van der Waals surface area contributed by atoms with E-state index in [-0.39, 0.29) is 23.3 Å². The first-order valence-electron chi connectivity index (χ1n) is 7.84. The van der Waals surface area contributed by atoms with Gasteiger partial charge in [0.15, 0.2) is 0 Å². The fourth-order valence-corrected chi connectivity index (χ4v) is 2.73. The SMILES string of the molecule is O=C(c1cncc(F)c1)N1CCC(Oc2ccc([N+](=O)[O-])cc2)CC1. The zero-order valence-electron chi connectivity index (χ0n) is 13.3. The second kappa shape index (κ2) is 7.25. The van der Waals surface area contributed by atoms with Crippen LogP contribution in [0.25, 0.3) is 0 Å². The number of rotatable bonds is 4. The highest BCUT2D eigenvalue weighted by Crippen LogP contribution is 2.22. The number of ether oxygens (including phenoxy) is 1. The van der Waals surface area contributed by atoms with Crippen molar-refractivity contribution in [2.75, 3.05) is 13.1 Å². The Morgan fingerprint density at radius 3 is 2.52 bits per heavy atom. The van der Waals surface area contributed by atoms with Crippen LogP contribution in [0.1, 0.15) is 23.2 Å². The third-order valence-electron chi connectivity index (χ3n) is 4.03. The van der Waals surface area contributed by atoms with E-state index in [1.165, 1.54) is 24.4 Å². The van der Waals surface area contributed by atoms with Crippen molar-refractivity contribution in [3.05, 3.63) is 64.2 Å². The van der Waals surface area contributed by atoms with Crippen LogP contribution in [0.15, 0.2) is 42.7 Å². The minimum atomic E-state index is -0.540. The summed E-state index contributed by atoms with van der Waals surface area (Å²) in [6, 6.07) is 7.09. The molecule has 3 rings (SSSR count). The predicted molar refractivity (Wildman–Crippen MR) is 86.8 cm³/mol. The highest BCUT2D eigenvalue weighted by atomic mass is 19.1. The van der Waals surface area contributed by atoms with E-state index in [0.29, 0.717) is 31.7 Å². The summed E-state index contributed by atoms with van der Waals surface area (Å²) in [5.74, 6) is -0.229. The number of hydrogen-bond donors (Lipinski definition) is 0. The molecule has 0 saturated carbocycles. The highest BCUT2D eigenvalue weighted by Gasteiger charge is 2.25. The number of nitro groups is 1. The lowest BCUT2D eigenvalue weighted by molar-refractivity contribution is -0.384. The molecule has 130 valence electrons. The molecule has 1 aromatic carbocycles. The number of benzene rings is 1. The van der Waals surface area contributed by atoms with E-state index in [9.17, 15) is 19.3 Å². The molecule has 8 heteroatoms. The van der Waals surface area contributed by atoms with Crippen molar-refractivity contribution in [2.45, 2.75) is 18.9 Å². The summed E-state index contributed by atoms with van der Waals surface area (Å²) in [5.41, 5.74) is 0.242. The van der Waals surface area contributed by atoms with Gasteiger partial charge in [-0.25, -0.2) is 4.39 Å². The van der Waals surface area contributed by atoms with Gasteiger partial charge < -0.3 is 9.64 Å². The van der Waals surface area contributed by atoms with E-state index in [0.717, 1.165) is 6.20 Å². The molecule has 1 saturated heterocycles. The Morgan fingerprint density at radius 1 is 1.24 bits per heavy atom. The molecule has 1 amide bonds. The summed E-state index contributed by atoms with van der Waals surface area (Å²) in [6.45, 7) is 0.986. The van der Waals surface area contributed by atoms with Crippen LogP contribution in [0.2, 0.25) is 0 Å². The number of aromatic nitrogens is 1. The number of carbonyl (C=O) groups is 1. The van der Waals surface area contributed by atoms with Gasteiger partial charge >= 0.3 is 0 Å². The smallest absolute Gasteiger partial charge is 0.269 e. The fourth-order valence-electron chi connectivity index (χ4n) is 2.73. The van der Waals surface area contributed by atoms with Gasteiger partial charge in [0.1, 0.15) is 17.7 Å². The normalized spacial score (nSPS) is 15.0. The van der Waals surface area contributed by atoms with Gasteiger partial charge in [-0.15, -0.1) is 0 Å². The van der Waals surface area contributed by atoms with E-state index in [2.05, 4.69) is 4.98 Å². The van der Waals surface area contributed by atoms with E-state index in [1.807, 2.05) is 0 Å². The summed E-state index contributed by atoms with van der Waals surface area (Å²) in [6.07, 6.45) is 3.60. The monoisotopic (exact) mass is 345 g/mol. The second-order valence-electron chi connectivity index (χ2n) is 5.75. The molecule has 2 heterocycles. The zero-order chi connectivity index (χ0) is 17.8. The minimum Gasteiger partial charge on any atom is -0.490 e. The van der Waals surface area contributed by atoms with Crippen LogP contribution < -0.4 is 4.74 Å². The maximum Gasteiger partial charge on any atom is 0.269 e. The third-order valence-corrected chi connectivity index (χ3v) is 4.03. The van der Waals surface area contributed by atoms with Crippen LogP contribution in [0.5, 0.6) is 5.75 Å². The molecule has 7 nitrogen and oxygen atoms in total. The van der Waals surface area contributed by atoms with Gasteiger partial charge in [0.05, 0.1) is 16.7 Å². The van der Waals surface area contributed by atoms with Gasteiger partial charge in [-0.3, -0.25) is 19.9 Å². The lowest BCUT2D eigenvalue weighted by atomic mass is 10.1. The van der Waals surface area contributed by atoms with Gasteiger partial charge in [0, 0.05) is 44.3 Å². The number of amides is 1. The number of carbonyl (C=O) groups excluding carboxylic acids is 1. The second-order valence-corrected chi connectivity index (χ2v) is 5.75. The average molecular weight is 345 g/mol. The number of piperidine rings is 1. The number of nitrogens with zero attached hydrogens (tertiary/aromatic N) is 3. The van der Waals surface area contributed by atoms with Crippen molar-refractivity contribution in [1.29, 1.82) is 0 Å². The first-order chi connectivity index (χ1) is 12.0. The van der Waals surface area contributed by atoms with Crippen molar-refractivity contribution in [1.82, 2.24) is 9.88 Å². The summed E-state index contributed by atoms with van der Waals surface area (Å²) >= 11 is 0. The molecule has 1 aromatic heterocycles. The van der Waals surface area contributed by atoms with E-state index >= 15 is 0 Å². The van der Waals surface area contributed by atoms with Gasteiger partial charge in [0.25, 0.3) is 11.6 Å². The topological polar surface area (TPSA) is 85.6 Å². The Kier molecular flexibility index (Phi) is 4.87. The summed E-state index contributed by atoms with van der Waals surface area (Å²) in [4.78, 5) is 27.8. The number of halogens is 1. The summed E-state index contributed by atoms with van der Waals surface area (Å²) in [5, 5.41) is 10.6. The standard InChI is InChI=1S/C17H16FN3O4/c18-13-9-12(10-19-11-13)17(22)20-7-5-16(6-8-20)25-15-3-1-14(2-4-15)21(23)24/h1-4,9-11,16H,5-8H2. The molecule has 0 aliphatic carbocycles. The van der Waals surface area contributed by atoms with Gasteiger partial charge in [-0.2, -0.15) is 0 Å². The van der Waals surface area contributed by atoms with Crippen LogP contribution in [-0.2, 0) is 0 Å². The van der Waals surface area contributed by atoms with Crippen LogP contribution in [0, 0.1) is 15.9 Å². The Bertz CT molecular complexity index is 774. The Hall–Kier alpha value is -3.03. The largest absolute Gasteiger partial charge is 0.490 e. The molecule has 0 N–H and O–H groups in total. The Labute approximate surface area is 143 Å². The minimum absolute atomic E-state index is 0.0106. The van der Waals surface area contributed by atoms with Crippen molar-refractivity contribution >= 4 is 11.6 Å². The molecule has 0 radical (unpaired) electrons. The average Bonchev–Trinajstić information content (AvgIpc) is 2.62. The number of non-ortho nitro benzene ring substituents is 1. The number of hydrogen-bond acceptors (Lipinski definition) is 5. The van der Waals surface area contributed by atoms with Crippen molar-refractivity contribution in [2.24, 2.45) is 0 Å². The molecule has 0 unspecified atom stereocenters. The molecule has 0 spiro atoms. The van der Waals surface area contributed by atoms with Crippen molar-refractivity contribution in [3.8, 4) is 5.75 Å². The highest BCUT2D eigenvalue weighted by molar-refractivity contribution is 5.93. The Morgan fingerprint density at radius 2 is 1.92 bits per heavy atom. The summed E-state index contributed by atoms with van der Waals surface area (Å²) < 4.78 is 19.0. The van der Waals surface area contributed by atoms with Crippen LogP contribution in [0.3, 0.4) is 0 Å². The third kappa shape index (κ3) is 4.09.